The van der Waals surface area contributed by atoms with E-state index in [1.54, 1.807) is 0 Å². The summed E-state index contributed by atoms with van der Waals surface area (Å²) >= 11 is 5.75. The summed E-state index contributed by atoms with van der Waals surface area (Å²) in [5, 5.41) is 5.42. The van der Waals surface area contributed by atoms with Crippen LogP contribution >= 0.6 is 11.6 Å². The molecule has 8 heteroatoms. The van der Waals surface area contributed by atoms with E-state index in [0.717, 1.165) is 12.8 Å². The monoisotopic (exact) mass is 283 g/mol. The summed E-state index contributed by atoms with van der Waals surface area (Å²) in [5.74, 6) is 4.87. The normalized spacial score (nSPS) is 13.8. The largest absolute Gasteiger partial charge is 0.352 e. The average Bonchev–Trinajstić information content (AvgIpc) is 3.19. The molecule has 0 saturated heterocycles. The number of nitrogens with one attached hydrogen (secondary N) is 3. The molecule has 1 heterocycles. The standard InChI is InChI=1S/C11H14ClN5O2/c12-8-3-6(4-9(16-8)17-13)11(19)14-5-10(18)15-7-1-2-7/h3-4,7H,1-2,5,13H2,(H,14,19)(H,15,18)(H,16,17). The quantitative estimate of drug-likeness (QED) is 0.346. The zero-order valence-electron chi connectivity index (χ0n) is 10.1. The Kier molecular flexibility index (Phi) is 4.18. The van der Waals surface area contributed by atoms with Crippen LogP contribution in [0.4, 0.5) is 5.82 Å². The average molecular weight is 284 g/mol. The fraction of sp³-hybridized carbons (Fsp3) is 0.364. The third kappa shape index (κ3) is 4.08. The lowest BCUT2D eigenvalue weighted by molar-refractivity contribution is -0.120. The molecule has 0 aromatic carbocycles. The van der Waals surface area contributed by atoms with E-state index in [2.05, 4.69) is 21.0 Å². The minimum absolute atomic E-state index is 0.0688. The number of rotatable bonds is 5. The maximum Gasteiger partial charge on any atom is 0.251 e. The van der Waals surface area contributed by atoms with Gasteiger partial charge in [-0.25, -0.2) is 10.8 Å². The number of nitrogen functional groups attached to an aromatic ring is 1. The Morgan fingerprint density at radius 2 is 2.16 bits per heavy atom. The number of aromatic nitrogens is 1. The van der Waals surface area contributed by atoms with Gasteiger partial charge in [0.25, 0.3) is 5.91 Å². The summed E-state index contributed by atoms with van der Waals surface area (Å²) in [4.78, 5) is 27.1. The van der Waals surface area contributed by atoms with E-state index < -0.39 is 5.91 Å². The van der Waals surface area contributed by atoms with Gasteiger partial charge in [-0.05, 0) is 25.0 Å². The topological polar surface area (TPSA) is 109 Å². The molecular formula is C11H14ClN5O2. The number of hydrazine groups is 1. The fourth-order valence-electron chi connectivity index (χ4n) is 1.47. The molecule has 7 nitrogen and oxygen atoms in total. The van der Waals surface area contributed by atoms with Crippen molar-refractivity contribution in [2.75, 3.05) is 12.0 Å². The smallest absolute Gasteiger partial charge is 0.251 e. The molecule has 1 aromatic rings. The van der Waals surface area contributed by atoms with E-state index in [4.69, 9.17) is 17.4 Å². The number of halogens is 1. The van der Waals surface area contributed by atoms with Gasteiger partial charge in [-0.2, -0.15) is 0 Å². The van der Waals surface area contributed by atoms with Crippen molar-refractivity contribution in [2.45, 2.75) is 18.9 Å². The summed E-state index contributed by atoms with van der Waals surface area (Å²) < 4.78 is 0. The molecule has 0 aliphatic heterocycles. The van der Waals surface area contributed by atoms with Crippen molar-refractivity contribution in [1.29, 1.82) is 0 Å². The van der Waals surface area contributed by atoms with Gasteiger partial charge < -0.3 is 16.1 Å². The second-order valence-electron chi connectivity index (χ2n) is 4.23. The van der Waals surface area contributed by atoms with Crippen LogP contribution in [0.5, 0.6) is 0 Å². The van der Waals surface area contributed by atoms with Crippen LogP contribution in [0.1, 0.15) is 23.2 Å². The molecule has 2 amide bonds. The molecule has 0 unspecified atom stereocenters. The Bertz CT molecular complexity index is 504. The van der Waals surface area contributed by atoms with E-state index in [0.29, 0.717) is 0 Å². The van der Waals surface area contributed by atoms with E-state index >= 15 is 0 Å². The predicted octanol–water partition coefficient (Wildman–Crippen LogP) is 0.0290. The summed E-state index contributed by atoms with van der Waals surface area (Å²) in [6.45, 7) is -0.0688. The van der Waals surface area contributed by atoms with Gasteiger partial charge in [0, 0.05) is 11.6 Å². The summed E-state index contributed by atoms with van der Waals surface area (Å²) in [7, 11) is 0. The summed E-state index contributed by atoms with van der Waals surface area (Å²) in [5.41, 5.74) is 2.59. The first-order valence-corrected chi connectivity index (χ1v) is 6.18. The molecule has 1 fully saturated rings. The molecule has 19 heavy (non-hydrogen) atoms. The third-order valence-electron chi connectivity index (χ3n) is 2.56. The molecule has 1 aliphatic carbocycles. The first-order valence-electron chi connectivity index (χ1n) is 5.80. The van der Waals surface area contributed by atoms with Crippen LogP contribution < -0.4 is 21.9 Å². The van der Waals surface area contributed by atoms with E-state index in [1.165, 1.54) is 12.1 Å². The molecule has 1 saturated carbocycles. The lowest BCUT2D eigenvalue weighted by Gasteiger charge is -2.07. The SMILES string of the molecule is NNc1cc(C(=O)NCC(=O)NC2CC2)cc(Cl)n1. The molecule has 0 atom stereocenters. The molecule has 102 valence electrons. The van der Waals surface area contributed by atoms with Crippen LogP contribution in [0.2, 0.25) is 5.15 Å². The van der Waals surface area contributed by atoms with Gasteiger partial charge in [0.15, 0.2) is 0 Å². The third-order valence-corrected chi connectivity index (χ3v) is 2.75. The van der Waals surface area contributed by atoms with Crippen molar-refractivity contribution in [1.82, 2.24) is 15.6 Å². The van der Waals surface area contributed by atoms with Gasteiger partial charge in [-0.3, -0.25) is 9.59 Å². The number of hydrogen-bond donors (Lipinski definition) is 4. The van der Waals surface area contributed by atoms with Crippen molar-refractivity contribution in [3.63, 3.8) is 0 Å². The van der Waals surface area contributed by atoms with Crippen LogP contribution in [-0.2, 0) is 4.79 Å². The highest BCUT2D eigenvalue weighted by atomic mass is 35.5. The lowest BCUT2D eigenvalue weighted by atomic mass is 10.2. The zero-order valence-corrected chi connectivity index (χ0v) is 10.8. The summed E-state index contributed by atoms with van der Waals surface area (Å²) in [6.07, 6.45) is 2.01. The van der Waals surface area contributed by atoms with E-state index in [9.17, 15) is 9.59 Å². The fourth-order valence-corrected chi connectivity index (χ4v) is 1.68. The molecule has 1 aromatic heterocycles. The van der Waals surface area contributed by atoms with Gasteiger partial charge in [0.05, 0.1) is 6.54 Å². The number of nitrogens with zero attached hydrogens (tertiary/aromatic N) is 1. The van der Waals surface area contributed by atoms with Gasteiger partial charge in [0.1, 0.15) is 11.0 Å². The van der Waals surface area contributed by atoms with Crippen LogP contribution in [0.25, 0.3) is 0 Å². The van der Waals surface area contributed by atoms with Crippen LogP contribution in [-0.4, -0.2) is 29.4 Å². The zero-order chi connectivity index (χ0) is 13.8. The second-order valence-corrected chi connectivity index (χ2v) is 4.62. The molecule has 0 spiro atoms. The Morgan fingerprint density at radius 1 is 1.42 bits per heavy atom. The number of anilines is 1. The number of carbonyl (C=O) groups excluding carboxylic acids is 2. The maximum absolute atomic E-state index is 11.8. The number of carbonyl (C=O) groups is 2. The number of amides is 2. The Hall–Kier alpha value is -1.86. The molecule has 1 aliphatic rings. The highest BCUT2D eigenvalue weighted by Gasteiger charge is 2.23. The van der Waals surface area contributed by atoms with Crippen molar-refractivity contribution < 1.29 is 9.59 Å². The number of pyridine rings is 1. The number of nitrogens with two attached hydrogens (primary N) is 1. The lowest BCUT2D eigenvalue weighted by Crippen LogP contribution is -2.37. The van der Waals surface area contributed by atoms with Crippen molar-refractivity contribution in [3.05, 3.63) is 22.8 Å². The molecular weight excluding hydrogens is 270 g/mol. The first kappa shape index (κ1) is 13.6. The molecule has 2 rings (SSSR count). The van der Waals surface area contributed by atoms with Gasteiger partial charge in [-0.1, -0.05) is 11.6 Å². The van der Waals surface area contributed by atoms with Crippen LogP contribution in [0, 0.1) is 0 Å². The predicted molar refractivity (Wildman–Crippen MR) is 70.6 cm³/mol. The summed E-state index contributed by atoms with van der Waals surface area (Å²) in [6, 6.07) is 3.11. The van der Waals surface area contributed by atoms with Crippen LogP contribution in [0.15, 0.2) is 12.1 Å². The minimum Gasteiger partial charge on any atom is -0.352 e. The Morgan fingerprint density at radius 3 is 2.79 bits per heavy atom. The van der Waals surface area contributed by atoms with Gasteiger partial charge in [-0.15, -0.1) is 0 Å². The van der Waals surface area contributed by atoms with E-state index in [-0.39, 0.29) is 35.0 Å². The number of hydrogen-bond acceptors (Lipinski definition) is 5. The highest BCUT2D eigenvalue weighted by molar-refractivity contribution is 6.29. The minimum atomic E-state index is -0.410. The van der Waals surface area contributed by atoms with Crippen molar-refractivity contribution in [3.8, 4) is 0 Å². The van der Waals surface area contributed by atoms with Gasteiger partial charge in [0.2, 0.25) is 5.91 Å². The van der Waals surface area contributed by atoms with Crippen LogP contribution in [0.3, 0.4) is 0 Å². The molecule has 0 radical (unpaired) electrons. The van der Waals surface area contributed by atoms with Crippen molar-refractivity contribution in [2.24, 2.45) is 5.84 Å². The highest BCUT2D eigenvalue weighted by Crippen LogP contribution is 2.18. The Balaban J connectivity index is 1.91. The van der Waals surface area contributed by atoms with Gasteiger partial charge >= 0.3 is 0 Å². The first-order chi connectivity index (χ1) is 9.08. The maximum atomic E-state index is 11.8. The van der Waals surface area contributed by atoms with E-state index in [1.807, 2.05) is 0 Å². The van der Waals surface area contributed by atoms with Crippen molar-refractivity contribution >= 4 is 29.2 Å². The second kappa shape index (κ2) is 5.85. The molecule has 5 N–H and O–H groups in total. The molecule has 0 bridgehead atoms. The Labute approximate surface area is 114 Å².